The smallest absolute Gasteiger partial charge is 0.133 e. The molecule has 0 aliphatic carbocycles. The first kappa shape index (κ1) is 12.7. The third kappa shape index (κ3) is 3.12. The summed E-state index contributed by atoms with van der Waals surface area (Å²) in [6.45, 7) is 1.77. The molecule has 0 saturated carbocycles. The van der Waals surface area contributed by atoms with Crippen molar-refractivity contribution in [2.75, 3.05) is 12.4 Å². The molecule has 0 aliphatic heterocycles. The Morgan fingerprint density at radius 3 is 2.44 bits per heavy atom. The molecule has 0 heterocycles. The van der Waals surface area contributed by atoms with Gasteiger partial charge in [-0.05, 0) is 30.2 Å². The molecule has 0 spiro atoms. The molecule has 0 aromatic heterocycles. The van der Waals surface area contributed by atoms with Crippen molar-refractivity contribution < 1.29 is 4.57 Å². The summed E-state index contributed by atoms with van der Waals surface area (Å²) < 4.78 is 12.6. The maximum Gasteiger partial charge on any atom is 0.133 e. The molecule has 92 valence electrons. The van der Waals surface area contributed by atoms with Crippen molar-refractivity contribution in [1.29, 1.82) is 0 Å². The van der Waals surface area contributed by atoms with Gasteiger partial charge in [0.05, 0.1) is 0 Å². The van der Waals surface area contributed by atoms with Gasteiger partial charge in [0.1, 0.15) is 7.14 Å². The molecule has 0 unspecified atom stereocenters. The molecule has 0 amide bonds. The lowest BCUT2D eigenvalue weighted by Crippen LogP contribution is -1.99. The molecule has 0 bridgehead atoms. The lowest BCUT2D eigenvalue weighted by molar-refractivity contribution is 0.590. The number of hydrogen-bond acceptors (Lipinski definition) is 2. The van der Waals surface area contributed by atoms with Crippen molar-refractivity contribution in [2.24, 2.45) is 0 Å². The molecule has 3 heteroatoms. The molecule has 2 aromatic carbocycles. The monoisotopic (exact) mass is 257 g/mol. The van der Waals surface area contributed by atoms with E-state index < -0.39 is 7.14 Å². The highest BCUT2D eigenvalue weighted by Crippen LogP contribution is 2.42. The van der Waals surface area contributed by atoms with Gasteiger partial charge in [0.25, 0.3) is 0 Å². The van der Waals surface area contributed by atoms with E-state index in [2.05, 4.69) is 0 Å². The second-order valence-electron chi connectivity index (χ2n) is 4.31. The first-order chi connectivity index (χ1) is 8.58. The van der Waals surface area contributed by atoms with Gasteiger partial charge in [0, 0.05) is 11.0 Å². The van der Waals surface area contributed by atoms with E-state index in [0.29, 0.717) is 5.69 Å². The zero-order valence-corrected chi connectivity index (χ0v) is 11.2. The summed E-state index contributed by atoms with van der Waals surface area (Å²) in [6.07, 6.45) is 1.87. The average molecular weight is 257 g/mol. The first-order valence-electron chi connectivity index (χ1n) is 5.75. The van der Waals surface area contributed by atoms with Crippen LogP contribution in [0.2, 0.25) is 0 Å². The predicted molar refractivity (Wildman–Crippen MR) is 79.5 cm³/mol. The van der Waals surface area contributed by atoms with Gasteiger partial charge in [0.15, 0.2) is 0 Å². The van der Waals surface area contributed by atoms with Gasteiger partial charge in [-0.2, -0.15) is 0 Å². The van der Waals surface area contributed by atoms with E-state index in [1.165, 1.54) is 0 Å². The van der Waals surface area contributed by atoms with Crippen LogP contribution >= 0.6 is 7.14 Å². The summed E-state index contributed by atoms with van der Waals surface area (Å²) in [7, 11) is -2.45. The van der Waals surface area contributed by atoms with Crippen LogP contribution in [0.5, 0.6) is 0 Å². The number of rotatable bonds is 3. The molecule has 2 rings (SSSR count). The summed E-state index contributed by atoms with van der Waals surface area (Å²) in [5.41, 5.74) is 7.38. The van der Waals surface area contributed by atoms with Crippen molar-refractivity contribution in [3.05, 3.63) is 66.0 Å². The molecule has 18 heavy (non-hydrogen) atoms. The molecule has 2 aromatic rings. The number of benzene rings is 2. The minimum atomic E-state index is -2.45. The lowest BCUT2D eigenvalue weighted by Gasteiger charge is -2.07. The molecule has 0 fully saturated rings. The van der Waals surface area contributed by atoms with Crippen molar-refractivity contribution >= 4 is 24.2 Å². The lowest BCUT2D eigenvalue weighted by atomic mass is 10.2. The Bertz CT molecular complexity index is 605. The molecule has 0 saturated heterocycles. The van der Waals surface area contributed by atoms with Crippen molar-refractivity contribution in [3.63, 3.8) is 0 Å². The van der Waals surface area contributed by atoms with Gasteiger partial charge in [-0.15, -0.1) is 0 Å². The quantitative estimate of drug-likeness (QED) is 0.675. The van der Waals surface area contributed by atoms with Crippen LogP contribution in [-0.4, -0.2) is 6.66 Å². The third-order valence-corrected chi connectivity index (χ3v) is 4.77. The second-order valence-corrected chi connectivity index (χ2v) is 7.11. The van der Waals surface area contributed by atoms with Crippen LogP contribution in [0.3, 0.4) is 0 Å². The second kappa shape index (κ2) is 5.24. The Balaban J connectivity index is 2.26. The van der Waals surface area contributed by atoms with E-state index in [1.807, 2.05) is 60.7 Å². The highest BCUT2D eigenvalue weighted by atomic mass is 31.2. The number of nitrogen functional groups attached to an aromatic ring is 1. The van der Waals surface area contributed by atoms with Crippen LogP contribution in [0.25, 0.3) is 6.08 Å². The van der Waals surface area contributed by atoms with Gasteiger partial charge >= 0.3 is 0 Å². The third-order valence-electron chi connectivity index (χ3n) is 2.73. The van der Waals surface area contributed by atoms with E-state index in [-0.39, 0.29) is 0 Å². The van der Waals surface area contributed by atoms with E-state index in [4.69, 9.17) is 5.73 Å². The number of anilines is 1. The summed E-state index contributed by atoms with van der Waals surface area (Å²) in [6, 6.07) is 17.0. The fraction of sp³-hybridized carbons (Fsp3) is 0.0667. The van der Waals surface area contributed by atoms with E-state index >= 15 is 0 Å². The maximum absolute atomic E-state index is 12.6. The van der Waals surface area contributed by atoms with Gasteiger partial charge < -0.3 is 10.3 Å². The van der Waals surface area contributed by atoms with Crippen LogP contribution in [0.4, 0.5) is 5.69 Å². The fourth-order valence-corrected chi connectivity index (χ4v) is 3.09. The van der Waals surface area contributed by atoms with Gasteiger partial charge in [-0.1, -0.05) is 48.5 Å². The Morgan fingerprint density at radius 2 is 1.78 bits per heavy atom. The normalized spacial score (nSPS) is 14.5. The average Bonchev–Trinajstić information content (AvgIpc) is 2.38. The first-order valence-corrected chi connectivity index (χ1v) is 7.98. The predicted octanol–water partition coefficient (Wildman–Crippen LogP) is 3.56. The van der Waals surface area contributed by atoms with Crippen LogP contribution in [0.15, 0.2) is 60.4 Å². The summed E-state index contributed by atoms with van der Waals surface area (Å²) in [4.78, 5) is 0. The van der Waals surface area contributed by atoms with Crippen LogP contribution in [0, 0.1) is 0 Å². The number of hydrogen-bond donors (Lipinski definition) is 1. The molecule has 0 radical (unpaired) electrons. The molecule has 2 N–H and O–H groups in total. The van der Waals surface area contributed by atoms with Crippen LogP contribution < -0.4 is 11.0 Å². The summed E-state index contributed by atoms with van der Waals surface area (Å²) >= 11 is 0. The van der Waals surface area contributed by atoms with Gasteiger partial charge in [-0.3, -0.25) is 0 Å². The minimum absolute atomic E-state index is 0.711. The standard InChI is InChI=1S/C15H16NOP/c1-18(17,15-8-3-2-4-9-15)11-10-13-6-5-7-14(16)12-13/h2-12H,16H2,1H3/b11-10+/t18-/m0/s1. The molecule has 0 aliphatic rings. The van der Waals surface area contributed by atoms with Crippen molar-refractivity contribution in [2.45, 2.75) is 0 Å². The summed E-state index contributed by atoms with van der Waals surface area (Å²) in [5.74, 6) is 1.77. The molecular formula is C15H16NOP. The van der Waals surface area contributed by atoms with Crippen LogP contribution in [-0.2, 0) is 4.57 Å². The van der Waals surface area contributed by atoms with Crippen molar-refractivity contribution in [3.8, 4) is 0 Å². The highest BCUT2D eigenvalue weighted by molar-refractivity contribution is 7.73. The summed E-state index contributed by atoms with van der Waals surface area (Å²) in [5, 5.41) is 0.866. The Hall–Kier alpha value is -1.79. The van der Waals surface area contributed by atoms with E-state index in [1.54, 1.807) is 12.5 Å². The Labute approximate surface area is 108 Å². The maximum atomic E-state index is 12.6. The highest BCUT2D eigenvalue weighted by Gasteiger charge is 2.12. The molecule has 1 atom stereocenters. The van der Waals surface area contributed by atoms with Crippen molar-refractivity contribution in [1.82, 2.24) is 0 Å². The zero-order chi connectivity index (χ0) is 13.0. The molecule has 2 nitrogen and oxygen atoms in total. The topological polar surface area (TPSA) is 43.1 Å². The van der Waals surface area contributed by atoms with Crippen LogP contribution in [0.1, 0.15) is 5.56 Å². The van der Waals surface area contributed by atoms with E-state index in [0.717, 1.165) is 10.9 Å². The fourth-order valence-electron chi connectivity index (χ4n) is 1.70. The Morgan fingerprint density at radius 1 is 1.06 bits per heavy atom. The SMILES string of the molecule is C[P@](=O)(/C=C/c1cccc(N)c1)c1ccccc1. The Kier molecular flexibility index (Phi) is 3.69. The van der Waals surface area contributed by atoms with E-state index in [9.17, 15) is 4.57 Å². The number of nitrogens with two attached hydrogens (primary N) is 1. The largest absolute Gasteiger partial charge is 0.399 e. The van der Waals surface area contributed by atoms with Gasteiger partial charge in [0.2, 0.25) is 0 Å². The molecular weight excluding hydrogens is 241 g/mol. The zero-order valence-electron chi connectivity index (χ0n) is 10.3. The minimum Gasteiger partial charge on any atom is -0.399 e. The van der Waals surface area contributed by atoms with Gasteiger partial charge in [-0.25, -0.2) is 0 Å².